The SMILES string of the molecule is CC(CO)OCc1ccccc1.CC(COc1ccc(Br)c(F)c1)OCc1ccccc1.CC(COc1ccc(N2CCNCC2)c(F)c1)OCc1ccccc1.CC(O)COc1ccc(N2CCNCC2)c(F)c1.COC(=O)C(C)OCc1ccccc1.Cc1ccc(S(=O)(=O)OCC(C)OCc2ccccc2)cc1. The van der Waals surface area contributed by atoms with E-state index in [1.807, 2.05) is 190 Å². The zero-order valence-corrected chi connectivity index (χ0v) is 67.1. The van der Waals surface area contributed by atoms with Gasteiger partial charge in [0.05, 0.1) is 105 Å². The van der Waals surface area contributed by atoms with Crippen LogP contribution in [0.1, 0.15) is 74.9 Å². The van der Waals surface area contributed by atoms with E-state index in [9.17, 15) is 26.4 Å². The molecule has 19 nitrogen and oxygen atoms in total. The number of nitrogens with zero attached hydrogens (tertiary/aromatic N) is 2. The first-order valence-corrected chi connectivity index (χ1v) is 39.2. The molecule has 4 N–H and O–H groups in total. The molecule has 6 unspecified atom stereocenters. The lowest BCUT2D eigenvalue weighted by atomic mass is 10.2. The van der Waals surface area contributed by atoms with Crippen LogP contribution in [0.4, 0.5) is 24.5 Å². The Bertz CT molecular complexity index is 4110. The zero-order chi connectivity index (χ0) is 80.0. The molecule has 0 amide bonds. The van der Waals surface area contributed by atoms with E-state index in [0.717, 1.165) is 85.7 Å². The standard InChI is InChI=1S/C20H25FN2O2.C17H20O4S.C16H16BrFO2.C13H19FN2O2.C11H14O3.C10H14O2/c1-16(24-15-17-5-3-2-4-6-17)14-25-18-7-8-20(19(21)13-18)23-11-9-22-10-12-23;1-14-8-10-17(11-9-14)22(18,19)21-12-15(2)20-13-16-6-4-3-5-7-16;1-12(19-11-13-5-3-2-4-6-13)10-20-14-7-8-15(17)16(18)9-14;1-10(17)9-18-11-2-3-13(12(14)8-11)16-6-4-15-5-7-16;1-9(11(12)13-2)14-8-10-6-4-3-5-7-10;1-9(7-11)12-8-10-5-3-2-4-6-10/h2-8,13,16,22H,9-12,14-15H2,1H3;3-11,15H,12-13H2,1-2H3;2-9,12H,10-11H2,1H3;2-3,8,10,15,17H,4-7,9H2,1H3;3-7,9H,8H2,1-2H3;2-6,9,11H,7-8H2,1H3. The second kappa shape index (κ2) is 51.7. The number of benzene rings is 9. The van der Waals surface area contributed by atoms with Crippen molar-refractivity contribution in [2.45, 2.75) is 123 Å². The number of methoxy groups -OCH3 is 1. The smallest absolute Gasteiger partial charge is 0.334 e. The van der Waals surface area contributed by atoms with Crippen LogP contribution in [0.15, 0.2) is 240 Å². The van der Waals surface area contributed by atoms with Gasteiger partial charge >= 0.3 is 5.97 Å². The molecule has 6 atom stereocenters. The number of hydrogen-bond acceptors (Lipinski definition) is 19. The summed E-state index contributed by atoms with van der Waals surface area (Å²) in [5.74, 6) is 0.290. The Hall–Kier alpha value is -8.73. The van der Waals surface area contributed by atoms with Crippen LogP contribution in [0.5, 0.6) is 17.2 Å². The molecule has 11 rings (SSSR count). The van der Waals surface area contributed by atoms with Gasteiger partial charge in [0, 0.05) is 70.6 Å². The normalized spacial score (nSPS) is 14.1. The van der Waals surface area contributed by atoms with Crippen molar-refractivity contribution >= 4 is 43.4 Å². The Kier molecular flexibility index (Phi) is 42.5. The first-order valence-electron chi connectivity index (χ1n) is 37.0. The summed E-state index contributed by atoms with van der Waals surface area (Å²) in [5, 5.41) is 24.3. The molecule has 2 fully saturated rings. The van der Waals surface area contributed by atoms with Gasteiger partial charge in [-0.3, -0.25) is 4.18 Å². The van der Waals surface area contributed by atoms with Crippen molar-refractivity contribution in [3.63, 3.8) is 0 Å². The van der Waals surface area contributed by atoms with Crippen LogP contribution in [0, 0.1) is 24.4 Å². The summed E-state index contributed by atoms with van der Waals surface area (Å²) >= 11 is 3.10. The second-order valence-electron chi connectivity index (χ2n) is 26.2. The van der Waals surface area contributed by atoms with Gasteiger partial charge in [-0.2, -0.15) is 8.42 Å². The molecule has 24 heteroatoms. The zero-order valence-electron chi connectivity index (χ0n) is 64.6. The minimum atomic E-state index is -3.74. The number of ether oxygens (including phenoxy) is 9. The highest BCUT2D eigenvalue weighted by molar-refractivity contribution is 9.10. The molecule has 2 heterocycles. The third-order valence-corrected chi connectivity index (χ3v) is 18.5. The monoisotopic (exact) mass is 1620 g/mol. The first kappa shape index (κ1) is 91.1. The number of aryl methyl sites for hydroxylation is 1. The number of rotatable bonds is 32. The van der Waals surface area contributed by atoms with Crippen molar-refractivity contribution in [2.24, 2.45) is 0 Å². The molecular formula is C87H108BrF3N4O15S. The van der Waals surface area contributed by atoms with Gasteiger partial charge in [-0.05, 0) is 141 Å². The summed E-state index contributed by atoms with van der Waals surface area (Å²) in [5.41, 5.74) is 7.72. The van der Waals surface area contributed by atoms with E-state index >= 15 is 0 Å². The van der Waals surface area contributed by atoms with E-state index < -0.39 is 22.3 Å². The number of nitrogens with one attached hydrogen (secondary N) is 2. The van der Waals surface area contributed by atoms with Crippen LogP contribution < -0.4 is 34.6 Å². The average Bonchev–Trinajstić information content (AvgIpc) is 0.846. The predicted molar refractivity (Wildman–Crippen MR) is 432 cm³/mol. The quantitative estimate of drug-likeness (QED) is 0.0228. The van der Waals surface area contributed by atoms with Crippen LogP contribution >= 0.6 is 15.9 Å². The van der Waals surface area contributed by atoms with Gasteiger partial charge in [0.25, 0.3) is 10.1 Å². The number of esters is 1. The maximum Gasteiger partial charge on any atom is 0.334 e. The molecule has 0 bridgehead atoms. The Balaban J connectivity index is 0.000000211. The highest BCUT2D eigenvalue weighted by Crippen LogP contribution is 2.27. The first-order chi connectivity index (χ1) is 53.6. The molecule has 0 saturated carbocycles. The number of carbonyl (C=O) groups is 1. The van der Waals surface area contributed by atoms with E-state index in [1.165, 1.54) is 25.3 Å². The van der Waals surface area contributed by atoms with Crippen LogP contribution in [0.3, 0.4) is 0 Å². The van der Waals surface area contributed by atoms with E-state index in [-0.39, 0.29) is 72.6 Å². The Morgan fingerprint density at radius 3 is 1.13 bits per heavy atom. The van der Waals surface area contributed by atoms with Gasteiger partial charge in [-0.15, -0.1) is 0 Å². The number of aliphatic hydroxyl groups excluding tert-OH is 2. The van der Waals surface area contributed by atoms with Gasteiger partial charge in [0.2, 0.25) is 0 Å². The van der Waals surface area contributed by atoms with E-state index in [1.54, 1.807) is 75.4 Å². The predicted octanol–water partition coefficient (Wildman–Crippen LogP) is 15.4. The molecule has 0 aliphatic carbocycles. The van der Waals surface area contributed by atoms with Gasteiger partial charge in [0.15, 0.2) is 6.10 Å². The fraction of sp³-hybridized carbons (Fsp3) is 0.368. The molecule has 0 spiro atoms. The molecule has 0 radical (unpaired) electrons. The molecular weight excluding hydrogens is 1510 g/mol. The molecule has 600 valence electrons. The molecule has 9 aromatic carbocycles. The van der Waals surface area contributed by atoms with Crippen molar-refractivity contribution in [3.05, 3.63) is 286 Å². The number of carbonyl (C=O) groups excluding carboxylic acids is 1. The minimum absolute atomic E-state index is 0.0109. The Labute approximate surface area is 662 Å². The van der Waals surface area contributed by atoms with E-state index in [0.29, 0.717) is 79.3 Å². The van der Waals surface area contributed by atoms with Gasteiger partial charge in [-0.25, -0.2) is 18.0 Å². The van der Waals surface area contributed by atoms with Crippen molar-refractivity contribution in [1.82, 2.24) is 10.6 Å². The third kappa shape index (κ3) is 37.0. The maximum absolute atomic E-state index is 14.4. The Morgan fingerprint density at radius 1 is 0.450 bits per heavy atom. The number of aliphatic hydroxyl groups is 2. The fourth-order valence-corrected chi connectivity index (χ4v) is 11.3. The summed E-state index contributed by atoms with van der Waals surface area (Å²) in [6, 6.07) is 70.5. The highest BCUT2D eigenvalue weighted by Gasteiger charge is 2.20. The molecule has 0 aromatic heterocycles. The Morgan fingerprint density at radius 2 is 0.784 bits per heavy atom. The summed E-state index contributed by atoms with van der Waals surface area (Å²) in [7, 11) is -2.38. The van der Waals surface area contributed by atoms with Gasteiger partial charge in [0.1, 0.15) is 54.5 Å². The topological polar surface area (TPSA) is 215 Å². The second-order valence-corrected chi connectivity index (χ2v) is 28.7. The van der Waals surface area contributed by atoms with Crippen molar-refractivity contribution in [1.29, 1.82) is 0 Å². The van der Waals surface area contributed by atoms with Crippen LogP contribution in [-0.2, 0) is 80.6 Å². The van der Waals surface area contributed by atoms with Crippen molar-refractivity contribution < 1.29 is 83.4 Å². The van der Waals surface area contributed by atoms with Crippen LogP contribution in [-0.4, -0.2) is 154 Å². The molecule has 2 aliphatic heterocycles. The summed E-state index contributed by atoms with van der Waals surface area (Å²) in [6.45, 7) is 23.0. The number of hydrogen-bond donors (Lipinski definition) is 4. The highest BCUT2D eigenvalue weighted by atomic mass is 79.9. The van der Waals surface area contributed by atoms with Gasteiger partial charge in [-0.1, -0.05) is 169 Å². The lowest BCUT2D eigenvalue weighted by Gasteiger charge is -2.29. The van der Waals surface area contributed by atoms with Crippen molar-refractivity contribution in [2.75, 3.05) is 102 Å². The summed E-state index contributed by atoms with van der Waals surface area (Å²) in [6.07, 6.45) is -1.61. The number of piperazine rings is 2. The minimum Gasteiger partial charge on any atom is -0.491 e. The molecule has 2 saturated heterocycles. The largest absolute Gasteiger partial charge is 0.491 e. The molecule has 111 heavy (non-hydrogen) atoms. The van der Waals surface area contributed by atoms with E-state index in [4.69, 9.17) is 52.3 Å². The van der Waals surface area contributed by atoms with Gasteiger partial charge < -0.3 is 73.3 Å². The van der Waals surface area contributed by atoms with E-state index in [2.05, 4.69) is 36.2 Å². The lowest BCUT2D eigenvalue weighted by molar-refractivity contribution is -0.153. The summed E-state index contributed by atoms with van der Waals surface area (Å²) < 4.78 is 120. The van der Waals surface area contributed by atoms with Crippen molar-refractivity contribution in [3.8, 4) is 17.2 Å². The number of anilines is 2. The maximum atomic E-state index is 14.4. The fourth-order valence-electron chi connectivity index (χ4n) is 10.1. The average molecular weight is 1620 g/mol. The number of halogens is 4. The third-order valence-electron chi connectivity index (χ3n) is 16.5. The van der Waals surface area contributed by atoms with Crippen LogP contribution in [0.2, 0.25) is 0 Å². The molecule has 2 aliphatic rings. The van der Waals surface area contributed by atoms with Crippen LogP contribution in [0.25, 0.3) is 0 Å². The lowest BCUT2D eigenvalue weighted by Crippen LogP contribution is -2.43. The molecule has 9 aromatic rings. The summed E-state index contributed by atoms with van der Waals surface area (Å²) in [4.78, 5) is 15.2.